The smallest absolute Gasteiger partial charge is 0.232 e. The molecule has 3 rings (SSSR count). The number of rotatable bonds is 5. The Morgan fingerprint density at radius 3 is 1.70 bits per heavy atom. The molecule has 2 aliphatic heterocycles. The first-order valence-electron chi connectivity index (χ1n) is 9.33. The molecule has 0 aliphatic carbocycles. The van der Waals surface area contributed by atoms with Gasteiger partial charge in [0.1, 0.15) is 0 Å². The predicted octanol–water partition coefficient (Wildman–Crippen LogP) is -2.07. The second-order valence-corrected chi connectivity index (χ2v) is 7.42. The van der Waals surface area contributed by atoms with Gasteiger partial charge in [0.2, 0.25) is 17.8 Å². The molecule has 9 N–H and O–H groups in total. The van der Waals surface area contributed by atoms with Crippen LogP contribution in [0.2, 0.25) is 0 Å². The summed E-state index contributed by atoms with van der Waals surface area (Å²) in [6.45, 7) is 2.99. The average molecular weight is 375 g/mol. The number of aromatic nitrogens is 3. The molecule has 0 radical (unpaired) electrons. The summed E-state index contributed by atoms with van der Waals surface area (Å²) in [5.41, 5.74) is 24.5. The number of hydrogen-bond donors (Lipinski definition) is 5. The molecule has 4 unspecified atom stereocenters. The van der Waals surface area contributed by atoms with Crippen LogP contribution in [-0.4, -0.2) is 71.8 Å². The molecule has 2 saturated heterocycles. The quantitative estimate of drug-likeness (QED) is 0.356. The van der Waals surface area contributed by atoms with E-state index in [2.05, 4.69) is 26.3 Å². The highest BCUT2D eigenvalue weighted by molar-refractivity contribution is 5.46. The van der Waals surface area contributed by atoms with E-state index in [0.717, 1.165) is 12.8 Å². The van der Waals surface area contributed by atoms with Gasteiger partial charge in [-0.2, -0.15) is 20.2 Å². The lowest BCUT2D eigenvalue weighted by atomic mass is 10.0. The van der Waals surface area contributed by atoms with Crippen LogP contribution in [0.5, 0.6) is 0 Å². The second kappa shape index (κ2) is 8.62. The summed E-state index contributed by atoms with van der Waals surface area (Å²) >= 11 is 0. The summed E-state index contributed by atoms with van der Waals surface area (Å²) in [5, 5.41) is 11.8. The van der Waals surface area contributed by atoms with Crippen LogP contribution in [0, 0.1) is 11.3 Å². The van der Waals surface area contributed by atoms with E-state index < -0.39 is 0 Å². The zero-order chi connectivity index (χ0) is 19.4. The minimum Gasteiger partial charge on any atom is -0.353 e. The number of nitrogens with zero attached hydrogens (tertiary/aromatic N) is 6. The van der Waals surface area contributed by atoms with E-state index in [9.17, 15) is 0 Å². The first-order valence-corrected chi connectivity index (χ1v) is 9.33. The maximum Gasteiger partial charge on any atom is 0.232 e. The summed E-state index contributed by atoms with van der Waals surface area (Å²) in [4.78, 5) is 17.7. The van der Waals surface area contributed by atoms with E-state index in [1.54, 1.807) is 0 Å². The van der Waals surface area contributed by atoms with E-state index in [0.29, 0.717) is 57.0 Å². The monoisotopic (exact) mass is 375 g/mol. The van der Waals surface area contributed by atoms with E-state index in [-0.39, 0.29) is 24.2 Å². The second-order valence-electron chi connectivity index (χ2n) is 7.42. The van der Waals surface area contributed by atoms with Crippen molar-refractivity contribution >= 4 is 17.8 Å². The Hall–Kier alpha value is -2.26. The Balaban J connectivity index is 1.87. The molecule has 2 aliphatic rings. The third-order valence-corrected chi connectivity index (χ3v) is 4.73. The highest BCUT2D eigenvalue weighted by Crippen LogP contribution is 2.22. The molecule has 11 nitrogen and oxygen atoms in total. The van der Waals surface area contributed by atoms with Crippen molar-refractivity contribution in [2.75, 3.05) is 47.8 Å². The fourth-order valence-electron chi connectivity index (χ4n) is 3.63. The molecule has 11 heteroatoms. The van der Waals surface area contributed by atoms with Gasteiger partial charge >= 0.3 is 0 Å². The summed E-state index contributed by atoms with van der Waals surface area (Å²) in [6, 6.07) is 1.99. The minimum absolute atomic E-state index is 0.0270. The summed E-state index contributed by atoms with van der Waals surface area (Å²) in [7, 11) is 0. The Morgan fingerprint density at radius 1 is 0.852 bits per heavy atom. The normalized spacial score (nSPS) is 28.7. The van der Waals surface area contributed by atoms with Crippen molar-refractivity contribution in [2.24, 2.45) is 22.9 Å². The number of piperidine rings is 2. The van der Waals surface area contributed by atoms with Crippen molar-refractivity contribution in [1.29, 1.82) is 5.26 Å². The van der Waals surface area contributed by atoms with Crippen LogP contribution in [-0.2, 0) is 0 Å². The molecular formula is C16H29N11. The van der Waals surface area contributed by atoms with Gasteiger partial charge in [-0.3, -0.25) is 0 Å². The van der Waals surface area contributed by atoms with E-state index in [1.807, 2.05) is 9.80 Å². The number of nitrogens with two attached hydrogens (primary N) is 4. The van der Waals surface area contributed by atoms with E-state index in [1.165, 1.54) is 0 Å². The maximum atomic E-state index is 8.76. The Kier molecular flexibility index (Phi) is 6.22. The van der Waals surface area contributed by atoms with E-state index in [4.69, 9.17) is 28.2 Å². The number of anilines is 3. The Morgan fingerprint density at radius 2 is 1.30 bits per heavy atom. The van der Waals surface area contributed by atoms with Gasteiger partial charge in [-0.15, -0.1) is 0 Å². The van der Waals surface area contributed by atoms with Crippen LogP contribution in [0.3, 0.4) is 0 Å². The van der Waals surface area contributed by atoms with Crippen molar-refractivity contribution in [3.05, 3.63) is 0 Å². The molecule has 0 aromatic carbocycles. The Bertz CT molecular complexity index is 611. The standard InChI is InChI=1S/C16H29N11/c17-2-1-3-22-14-23-15(26-6-10(18)4-11(19)7-26)25-16(24-14)27-8-12(20)5-13(21)9-27/h10-13H,1,3-9,18-21H2,(H,22,23,24,25). The average Bonchev–Trinajstić information content (AvgIpc) is 2.60. The molecular weight excluding hydrogens is 346 g/mol. The molecule has 0 amide bonds. The third kappa shape index (κ3) is 5.14. The molecule has 27 heavy (non-hydrogen) atoms. The molecule has 0 spiro atoms. The highest BCUT2D eigenvalue weighted by atomic mass is 15.4. The molecule has 0 bridgehead atoms. The zero-order valence-electron chi connectivity index (χ0n) is 15.5. The molecule has 1 aromatic rings. The topological polar surface area (TPSA) is 185 Å². The van der Waals surface area contributed by atoms with Crippen LogP contribution in [0.1, 0.15) is 19.3 Å². The van der Waals surface area contributed by atoms with Gasteiger partial charge in [0.25, 0.3) is 0 Å². The van der Waals surface area contributed by atoms with Gasteiger partial charge in [0.15, 0.2) is 0 Å². The zero-order valence-corrected chi connectivity index (χ0v) is 15.5. The first kappa shape index (κ1) is 19.5. The van der Waals surface area contributed by atoms with Crippen LogP contribution >= 0.6 is 0 Å². The Labute approximate surface area is 159 Å². The van der Waals surface area contributed by atoms with Crippen LogP contribution in [0.4, 0.5) is 17.8 Å². The fourth-order valence-corrected chi connectivity index (χ4v) is 3.63. The molecule has 2 fully saturated rings. The molecule has 3 heterocycles. The number of hydrogen-bond acceptors (Lipinski definition) is 11. The van der Waals surface area contributed by atoms with Gasteiger partial charge in [-0.25, -0.2) is 0 Å². The van der Waals surface area contributed by atoms with Gasteiger partial charge in [0.05, 0.1) is 12.5 Å². The van der Waals surface area contributed by atoms with Crippen molar-refractivity contribution in [3.8, 4) is 6.07 Å². The van der Waals surface area contributed by atoms with Crippen molar-refractivity contribution in [3.63, 3.8) is 0 Å². The van der Waals surface area contributed by atoms with Gasteiger partial charge in [-0.05, 0) is 12.8 Å². The molecule has 4 atom stereocenters. The molecule has 0 saturated carbocycles. The van der Waals surface area contributed by atoms with Crippen molar-refractivity contribution in [2.45, 2.75) is 43.4 Å². The summed E-state index contributed by atoms with van der Waals surface area (Å²) in [5.74, 6) is 1.47. The molecule has 148 valence electrons. The summed E-state index contributed by atoms with van der Waals surface area (Å²) in [6.07, 6.45) is 1.91. The minimum atomic E-state index is -0.0270. The highest BCUT2D eigenvalue weighted by Gasteiger charge is 2.28. The maximum absolute atomic E-state index is 8.76. The van der Waals surface area contributed by atoms with Crippen molar-refractivity contribution < 1.29 is 0 Å². The fraction of sp³-hybridized carbons (Fsp3) is 0.750. The van der Waals surface area contributed by atoms with E-state index >= 15 is 0 Å². The lowest BCUT2D eigenvalue weighted by Crippen LogP contribution is -2.54. The van der Waals surface area contributed by atoms with Gasteiger partial charge in [0, 0.05) is 56.9 Å². The lowest BCUT2D eigenvalue weighted by molar-refractivity contribution is 0.441. The first-order chi connectivity index (χ1) is 12.9. The van der Waals surface area contributed by atoms with Crippen molar-refractivity contribution in [1.82, 2.24) is 15.0 Å². The predicted molar refractivity (Wildman–Crippen MR) is 104 cm³/mol. The van der Waals surface area contributed by atoms with Gasteiger partial charge in [-0.1, -0.05) is 0 Å². The largest absolute Gasteiger partial charge is 0.353 e. The van der Waals surface area contributed by atoms with Gasteiger partial charge < -0.3 is 38.1 Å². The summed E-state index contributed by atoms with van der Waals surface area (Å²) < 4.78 is 0. The van der Waals surface area contributed by atoms with Crippen LogP contribution in [0.25, 0.3) is 0 Å². The van der Waals surface area contributed by atoms with Crippen LogP contribution in [0.15, 0.2) is 0 Å². The number of nitriles is 1. The number of nitrogens with one attached hydrogen (secondary N) is 1. The lowest BCUT2D eigenvalue weighted by Gasteiger charge is -2.37. The van der Waals surface area contributed by atoms with Crippen LogP contribution < -0.4 is 38.1 Å². The third-order valence-electron chi connectivity index (χ3n) is 4.73. The molecule has 1 aromatic heterocycles. The SMILES string of the molecule is N#CCCNc1nc(N2CC(N)CC(N)C2)nc(N2CC(N)CC(N)C2)n1.